The van der Waals surface area contributed by atoms with Crippen molar-refractivity contribution in [3.05, 3.63) is 46.5 Å². The lowest BCUT2D eigenvalue weighted by Gasteiger charge is -2.08. The van der Waals surface area contributed by atoms with Crippen LogP contribution < -0.4 is 5.32 Å². The van der Waals surface area contributed by atoms with Crippen molar-refractivity contribution >= 4 is 0 Å². The molecule has 0 amide bonds. The third-order valence-electron chi connectivity index (χ3n) is 3.62. The molecular formula is C15H22N4. The van der Waals surface area contributed by atoms with Crippen LogP contribution in [0.1, 0.15) is 35.1 Å². The van der Waals surface area contributed by atoms with Gasteiger partial charge in [-0.15, -0.1) is 0 Å². The average molecular weight is 258 g/mol. The molecule has 2 rings (SSSR count). The van der Waals surface area contributed by atoms with E-state index in [1.807, 2.05) is 24.0 Å². The van der Waals surface area contributed by atoms with Gasteiger partial charge in [-0.3, -0.25) is 9.67 Å². The molecule has 0 radical (unpaired) electrons. The SMILES string of the molecule is CCc1cccnc1CNCc1c(C)nn(C)c1C. The van der Waals surface area contributed by atoms with E-state index >= 15 is 0 Å². The van der Waals surface area contributed by atoms with E-state index in [-0.39, 0.29) is 0 Å². The quantitative estimate of drug-likeness (QED) is 0.894. The molecule has 0 aromatic carbocycles. The predicted octanol–water partition coefficient (Wildman–Crippen LogP) is 2.28. The third kappa shape index (κ3) is 3.01. The summed E-state index contributed by atoms with van der Waals surface area (Å²) in [7, 11) is 1.99. The highest BCUT2D eigenvalue weighted by atomic mass is 15.3. The highest BCUT2D eigenvalue weighted by Crippen LogP contribution is 2.12. The van der Waals surface area contributed by atoms with Crippen LogP contribution in [0.4, 0.5) is 0 Å². The van der Waals surface area contributed by atoms with Crippen molar-refractivity contribution in [2.75, 3.05) is 0 Å². The standard InChI is InChI=1S/C15H22N4/c1-5-13-7-6-8-17-15(13)10-16-9-14-11(2)18-19(4)12(14)3/h6-8,16H,5,9-10H2,1-4H3. The maximum absolute atomic E-state index is 4.45. The lowest BCUT2D eigenvalue weighted by molar-refractivity contribution is 0.666. The number of rotatable bonds is 5. The predicted molar refractivity (Wildman–Crippen MR) is 76.8 cm³/mol. The summed E-state index contributed by atoms with van der Waals surface area (Å²) in [5.74, 6) is 0. The number of pyridine rings is 1. The number of nitrogens with zero attached hydrogens (tertiary/aromatic N) is 3. The Bertz CT molecular complexity index is 557. The van der Waals surface area contributed by atoms with Gasteiger partial charge in [0.2, 0.25) is 0 Å². The molecule has 0 aliphatic heterocycles. The molecular weight excluding hydrogens is 236 g/mol. The minimum atomic E-state index is 0.803. The van der Waals surface area contributed by atoms with Crippen LogP contribution in [0.25, 0.3) is 0 Å². The van der Waals surface area contributed by atoms with Crippen LogP contribution in [0.3, 0.4) is 0 Å². The first kappa shape index (κ1) is 13.7. The molecule has 0 saturated carbocycles. The second kappa shape index (κ2) is 5.97. The van der Waals surface area contributed by atoms with Crippen molar-refractivity contribution in [1.82, 2.24) is 20.1 Å². The summed E-state index contributed by atoms with van der Waals surface area (Å²) in [6.07, 6.45) is 2.88. The van der Waals surface area contributed by atoms with Crippen molar-refractivity contribution in [3.63, 3.8) is 0 Å². The minimum absolute atomic E-state index is 0.803. The maximum Gasteiger partial charge on any atom is 0.0641 e. The van der Waals surface area contributed by atoms with Gasteiger partial charge in [-0.1, -0.05) is 13.0 Å². The minimum Gasteiger partial charge on any atom is -0.307 e. The Labute approximate surface area is 114 Å². The summed E-state index contributed by atoms with van der Waals surface area (Å²) >= 11 is 0. The van der Waals surface area contributed by atoms with Crippen LogP contribution in [-0.4, -0.2) is 14.8 Å². The summed E-state index contributed by atoms with van der Waals surface area (Å²) in [4.78, 5) is 4.45. The fraction of sp³-hybridized carbons (Fsp3) is 0.467. The molecule has 0 unspecified atom stereocenters. The molecule has 0 atom stereocenters. The molecule has 4 nitrogen and oxygen atoms in total. The molecule has 0 fully saturated rings. The molecule has 102 valence electrons. The fourth-order valence-corrected chi connectivity index (χ4v) is 2.33. The molecule has 2 aromatic rings. The van der Waals surface area contributed by atoms with E-state index in [4.69, 9.17) is 0 Å². The summed E-state index contributed by atoms with van der Waals surface area (Å²) in [6, 6.07) is 4.14. The lowest BCUT2D eigenvalue weighted by Crippen LogP contribution is -2.16. The number of hydrogen-bond acceptors (Lipinski definition) is 3. The van der Waals surface area contributed by atoms with Crippen molar-refractivity contribution < 1.29 is 0 Å². The van der Waals surface area contributed by atoms with Gasteiger partial charge in [0.15, 0.2) is 0 Å². The maximum atomic E-state index is 4.45. The Kier molecular flexibility index (Phi) is 4.32. The van der Waals surface area contributed by atoms with Crippen molar-refractivity contribution in [2.24, 2.45) is 7.05 Å². The van der Waals surface area contributed by atoms with Crippen LogP contribution in [-0.2, 0) is 26.6 Å². The number of nitrogens with one attached hydrogen (secondary N) is 1. The van der Waals surface area contributed by atoms with Crippen molar-refractivity contribution in [3.8, 4) is 0 Å². The summed E-state index contributed by atoms with van der Waals surface area (Å²) in [5, 5.41) is 7.90. The first-order chi connectivity index (χ1) is 9.13. The molecule has 0 bridgehead atoms. The fourth-order valence-electron chi connectivity index (χ4n) is 2.33. The van der Waals surface area contributed by atoms with Gasteiger partial charge in [0.25, 0.3) is 0 Å². The van der Waals surface area contributed by atoms with Crippen LogP contribution in [0.5, 0.6) is 0 Å². The summed E-state index contributed by atoms with van der Waals surface area (Å²) < 4.78 is 1.94. The largest absolute Gasteiger partial charge is 0.307 e. The highest BCUT2D eigenvalue weighted by molar-refractivity contribution is 5.24. The van der Waals surface area contributed by atoms with E-state index in [1.165, 1.54) is 16.8 Å². The Morgan fingerprint density at radius 3 is 2.68 bits per heavy atom. The normalized spacial score (nSPS) is 10.9. The van der Waals surface area contributed by atoms with Gasteiger partial charge in [0.1, 0.15) is 0 Å². The Morgan fingerprint density at radius 2 is 2.05 bits per heavy atom. The lowest BCUT2D eigenvalue weighted by atomic mass is 10.1. The molecule has 19 heavy (non-hydrogen) atoms. The summed E-state index contributed by atoms with van der Waals surface area (Å²) in [5.41, 5.74) is 6.07. The van der Waals surface area contributed by atoms with Crippen LogP contribution in [0.2, 0.25) is 0 Å². The highest BCUT2D eigenvalue weighted by Gasteiger charge is 2.09. The molecule has 1 N–H and O–H groups in total. The van der Waals surface area contributed by atoms with Gasteiger partial charge < -0.3 is 5.32 Å². The van der Waals surface area contributed by atoms with Crippen molar-refractivity contribution in [1.29, 1.82) is 0 Å². The number of hydrogen-bond donors (Lipinski definition) is 1. The Morgan fingerprint density at radius 1 is 1.26 bits per heavy atom. The smallest absolute Gasteiger partial charge is 0.0641 e. The van der Waals surface area contributed by atoms with Gasteiger partial charge in [0.05, 0.1) is 11.4 Å². The second-order valence-corrected chi connectivity index (χ2v) is 4.84. The second-order valence-electron chi connectivity index (χ2n) is 4.84. The molecule has 0 saturated heterocycles. The first-order valence-corrected chi connectivity index (χ1v) is 6.76. The molecule has 2 heterocycles. The van der Waals surface area contributed by atoms with E-state index in [1.54, 1.807) is 0 Å². The van der Waals surface area contributed by atoms with E-state index in [2.05, 4.69) is 42.2 Å². The topological polar surface area (TPSA) is 42.7 Å². The molecule has 0 aliphatic rings. The zero-order valence-corrected chi connectivity index (χ0v) is 12.2. The van der Waals surface area contributed by atoms with Gasteiger partial charge in [-0.05, 0) is 31.9 Å². The molecule has 0 spiro atoms. The zero-order chi connectivity index (χ0) is 13.8. The Balaban J connectivity index is 2.00. The molecule has 2 aromatic heterocycles. The zero-order valence-electron chi connectivity index (χ0n) is 12.2. The number of aryl methyl sites for hydroxylation is 3. The average Bonchev–Trinajstić information content (AvgIpc) is 2.65. The van der Waals surface area contributed by atoms with E-state index < -0.39 is 0 Å². The van der Waals surface area contributed by atoms with Crippen LogP contribution >= 0.6 is 0 Å². The van der Waals surface area contributed by atoms with Crippen LogP contribution in [0.15, 0.2) is 18.3 Å². The molecule has 0 aliphatic carbocycles. The molecule has 4 heteroatoms. The monoisotopic (exact) mass is 258 g/mol. The van der Waals surface area contributed by atoms with Gasteiger partial charge >= 0.3 is 0 Å². The van der Waals surface area contributed by atoms with E-state index in [0.717, 1.165) is 30.9 Å². The van der Waals surface area contributed by atoms with E-state index in [9.17, 15) is 0 Å². The van der Waals surface area contributed by atoms with Crippen molar-refractivity contribution in [2.45, 2.75) is 40.3 Å². The first-order valence-electron chi connectivity index (χ1n) is 6.76. The number of aromatic nitrogens is 3. The van der Waals surface area contributed by atoms with Gasteiger partial charge in [0, 0.05) is 37.6 Å². The van der Waals surface area contributed by atoms with Gasteiger partial charge in [-0.25, -0.2) is 0 Å². The summed E-state index contributed by atoms with van der Waals surface area (Å²) in [6.45, 7) is 7.97. The Hall–Kier alpha value is -1.68. The van der Waals surface area contributed by atoms with Crippen LogP contribution in [0, 0.1) is 13.8 Å². The van der Waals surface area contributed by atoms with Gasteiger partial charge in [-0.2, -0.15) is 5.10 Å². The van der Waals surface area contributed by atoms with E-state index in [0.29, 0.717) is 0 Å². The third-order valence-corrected chi connectivity index (χ3v) is 3.62.